The number of aliphatic hydroxyl groups is 1. The van der Waals surface area contributed by atoms with Crippen molar-refractivity contribution in [2.24, 2.45) is 17.3 Å². The fraction of sp³-hybridized carbons (Fsp3) is 0.600. The number of halogens is 1. The number of piperazine rings is 1. The number of pyridine rings is 1. The first-order chi connectivity index (χ1) is 21.8. The van der Waals surface area contributed by atoms with Gasteiger partial charge in [0.25, 0.3) is 11.5 Å². The van der Waals surface area contributed by atoms with E-state index in [0.717, 1.165) is 6.42 Å². The van der Waals surface area contributed by atoms with Crippen molar-refractivity contribution in [3.8, 4) is 11.1 Å². The first-order valence-electron chi connectivity index (χ1n) is 16.6. The molecule has 1 aromatic heterocycles. The smallest absolute Gasteiger partial charge is 0.407 e. The van der Waals surface area contributed by atoms with Gasteiger partial charge in [0.1, 0.15) is 5.82 Å². The van der Waals surface area contributed by atoms with Crippen LogP contribution in [-0.2, 0) is 11.3 Å². The van der Waals surface area contributed by atoms with Crippen LogP contribution in [0.25, 0.3) is 11.1 Å². The highest BCUT2D eigenvalue weighted by Gasteiger charge is 2.49. The summed E-state index contributed by atoms with van der Waals surface area (Å²) in [6.45, 7) is 6.95. The minimum absolute atomic E-state index is 0.0930. The molecule has 10 nitrogen and oxygen atoms in total. The molecule has 3 fully saturated rings. The second-order valence-electron chi connectivity index (χ2n) is 14.2. The zero-order valence-corrected chi connectivity index (χ0v) is 27.2. The largest absolute Gasteiger partial charge is 0.465 e. The number of benzene rings is 1. The first kappa shape index (κ1) is 33.6. The van der Waals surface area contributed by atoms with Crippen LogP contribution in [0.4, 0.5) is 9.18 Å². The van der Waals surface area contributed by atoms with E-state index in [-0.39, 0.29) is 67.7 Å². The van der Waals surface area contributed by atoms with Crippen molar-refractivity contribution in [1.29, 1.82) is 0 Å². The van der Waals surface area contributed by atoms with E-state index in [1.807, 2.05) is 25.7 Å². The van der Waals surface area contributed by atoms with Gasteiger partial charge in [0, 0.05) is 74.0 Å². The standard InChI is InChI=1S/C35H47FN4O6/c1-24(19-25-9-5-4-6-10-25)31(42)39-14-13-35(46,34(2,3)22-39)23-40-21-28(32(43)37-15-17-38(18-16-37)33(44)45)27(20-30(40)41)26-11-7-8-12-29(26)36/h7-8,11-12,20-21,24-25,46H,4-6,9-10,13-19,22-23H2,1-3H3,(H,44,45)/t24-,35-/m1/s1. The van der Waals surface area contributed by atoms with Crippen LogP contribution in [0.15, 0.2) is 41.3 Å². The van der Waals surface area contributed by atoms with Crippen LogP contribution in [0, 0.1) is 23.1 Å². The van der Waals surface area contributed by atoms with Gasteiger partial charge in [-0.05, 0) is 24.8 Å². The SMILES string of the molecule is C[C@H](CC1CCCCC1)C(=O)N1CC[C@@](O)(Cn2cc(C(=O)N3CCN(C(=O)O)CC3)c(-c3ccccc3F)cc2=O)C(C)(C)C1. The van der Waals surface area contributed by atoms with E-state index in [0.29, 0.717) is 19.0 Å². The molecule has 0 spiro atoms. The number of likely N-dealkylation sites (tertiary alicyclic amines) is 1. The van der Waals surface area contributed by atoms with Crippen LogP contribution in [0.3, 0.4) is 0 Å². The number of piperidine rings is 1. The van der Waals surface area contributed by atoms with Gasteiger partial charge in [0.15, 0.2) is 0 Å². The summed E-state index contributed by atoms with van der Waals surface area (Å²) in [5.41, 5.74) is -2.29. The molecule has 11 heteroatoms. The number of carboxylic acid groups (broad SMARTS) is 1. The Morgan fingerprint density at radius 2 is 1.61 bits per heavy atom. The molecule has 2 atom stereocenters. The highest BCUT2D eigenvalue weighted by atomic mass is 19.1. The Hall–Kier alpha value is -3.73. The number of rotatable bonds is 7. The molecule has 1 aliphatic carbocycles. The highest BCUT2D eigenvalue weighted by Crippen LogP contribution is 2.41. The van der Waals surface area contributed by atoms with Gasteiger partial charge in [-0.25, -0.2) is 9.18 Å². The molecule has 0 radical (unpaired) electrons. The molecule has 0 bridgehead atoms. The molecular formula is C35H47FN4O6. The fourth-order valence-corrected chi connectivity index (χ4v) is 7.50. The summed E-state index contributed by atoms with van der Waals surface area (Å²) in [6, 6.07) is 7.16. The Morgan fingerprint density at radius 3 is 2.24 bits per heavy atom. The number of amides is 3. The minimum atomic E-state index is -1.37. The maximum absolute atomic E-state index is 15.0. The predicted molar refractivity (Wildman–Crippen MR) is 172 cm³/mol. The van der Waals surface area contributed by atoms with E-state index in [1.165, 1.54) is 76.9 Å². The molecule has 250 valence electrons. The molecule has 2 N–H and O–H groups in total. The Kier molecular flexibility index (Phi) is 9.91. The maximum Gasteiger partial charge on any atom is 0.407 e. The van der Waals surface area contributed by atoms with E-state index in [9.17, 15) is 33.8 Å². The quantitative estimate of drug-likeness (QED) is 0.454. The lowest BCUT2D eigenvalue weighted by Crippen LogP contribution is -2.61. The summed E-state index contributed by atoms with van der Waals surface area (Å²) in [4.78, 5) is 56.9. The number of carbonyl (C=O) groups excluding carboxylic acids is 2. The van der Waals surface area contributed by atoms with Crippen molar-refractivity contribution < 1.29 is 29.0 Å². The van der Waals surface area contributed by atoms with Gasteiger partial charge < -0.3 is 29.5 Å². The van der Waals surface area contributed by atoms with Crippen molar-refractivity contribution in [2.45, 2.75) is 77.9 Å². The van der Waals surface area contributed by atoms with Crippen molar-refractivity contribution in [2.75, 3.05) is 39.3 Å². The van der Waals surface area contributed by atoms with E-state index >= 15 is 0 Å². The molecule has 0 unspecified atom stereocenters. The van der Waals surface area contributed by atoms with E-state index in [4.69, 9.17) is 0 Å². The molecule has 3 heterocycles. The van der Waals surface area contributed by atoms with Crippen molar-refractivity contribution in [3.05, 3.63) is 58.3 Å². The van der Waals surface area contributed by atoms with Crippen molar-refractivity contribution >= 4 is 17.9 Å². The normalized spacial score (nSPS) is 22.8. The Morgan fingerprint density at radius 1 is 0.957 bits per heavy atom. The van der Waals surface area contributed by atoms with Crippen LogP contribution in [0.2, 0.25) is 0 Å². The average Bonchev–Trinajstić information content (AvgIpc) is 3.03. The van der Waals surface area contributed by atoms with Crippen LogP contribution in [-0.4, -0.2) is 92.3 Å². The summed E-state index contributed by atoms with van der Waals surface area (Å²) in [7, 11) is 0. The van der Waals surface area contributed by atoms with Gasteiger partial charge >= 0.3 is 6.09 Å². The maximum atomic E-state index is 15.0. The molecule has 3 aliphatic rings. The monoisotopic (exact) mass is 638 g/mol. The molecule has 2 aliphatic heterocycles. The lowest BCUT2D eigenvalue weighted by atomic mass is 9.69. The lowest BCUT2D eigenvalue weighted by molar-refractivity contribution is -0.157. The molecular weight excluding hydrogens is 591 g/mol. The number of carbonyl (C=O) groups is 3. The summed E-state index contributed by atoms with van der Waals surface area (Å²) in [5, 5.41) is 21.4. The fourth-order valence-electron chi connectivity index (χ4n) is 7.50. The van der Waals surface area contributed by atoms with E-state index in [1.54, 1.807) is 6.07 Å². The highest BCUT2D eigenvalue weighted by molar-refractivity contribution is 6.00. The Labute approximate surface area is 269 Å². The molecule has 1 aromatic carbocycles. The molecule has 3 amide bonds. The average molecular weight is 639 g/mol. The summed E-state index contributed by atoms with van der Waals surface area (Å²) in [6.07, 6.45) is 7.55. The Balaban J connectivity index is 1.38. The number of aromatic nitrogens is 1. The zero-order chi connectivity index (χ0) is 33.2. The van der Waals surface area contributed by atoms with Crippen molar-refractivity contribution in [1.82, 2.24) is 19.3 Å². The Bertz CT molecular complexity index is 1510. The number of nitrogens with zero attached hydrogens (tertiary/aromatic N) is 4. The molecule has 1 saturated carbocycles. The third-order valence-electron chi connectivity index (χ3n) is 10.6. The van der Waals surface area contributed by atoms with E-state index < -0.39 is 34.4 Å². The van der Waals surface area contributed by atoms with Gasteiger partial charge in [0.05, 0.1) is 17.7 Å². The van der Waals surface area contributed by atoms with Crippen molar-refractivity contribution in [3.63, 3.8) is 0 Å². The van der Waals surface area contributed by atoms with Crippen LogP contribution >= 0.6 is 0 Å². The lowest BCUT2D eigenvalue weighted by Gasteiger charge is -2.51. The third-order valence-corrected chi connectivity index (χ3v) is 10.6. The van der Waals surface area contributed by atoms with Gasteiger partial charge in [0.2, 0.25) is 5.91 Å². The first-order valence-corrected chi connectivity index (χ1v) is 16.6. The number of hydrogen-bond acceptors (Lipinski definition) is 5. The topological polar surface area (TPSA) is 123 Å². The third kappa shape index (κ3) is 6.99. The molecule has 5 rings (SSSR count). The van der Waals surface area contributed by atoms with Crippen LogP contribution in [0.5, 0.6) is 0 Å². The second kappa shape index (κ2) is 13.6. The van der Waals surface area contributed by atoms with Crippen LogP contribution in [0.1, 0.15) is 76.1 Å². The molecule has 2 aromatic rings. The minimum Gasteiger partial charge on any atom is -0.465 e. The summed E-state index contributed by atoms with van der Waals surface area (Å²) in [5.74, 6) is -0.443. The van der Waals surface area contributed by atoms with Gasteiger partial charge in [-0.2, -0.15) is 0 Å². The zero-order valence-electron chi connectivity index (χ0n) is 27.2. The van der Waals surface area contributed by atoms with E-state index in [2.05, 4.69) is 0 Å². The van der Waals surface area contributed by atoms with Crippen LogP contribution < -0.4 is 5.56 Å². The predicted octanol–water partition coefficient (Wildman–Crippen LogP) is 4.69. The number of hydrogen-bond donors (Lipinski definition) is 2. The van der Waals surface area contributed by atoms with Gasteiger partial charge in [-0.15, -0.1) is 0 Å². The summed E-state index contributed by atoms with van der Waals surface area (Å²) >= 11 is 0. The van der Waals surface area contributed by atoms with Gasteiger partial charge in [-0.1, -0.05) is 71.1 Å². The second-order valence-corrected chi connectivity index (χ2v) is 14.2. The van der Waals surface area contributed by atoms with Gasteiger partial charge in [-0.3, -0.25) is 14.4 Å². The molecule has 46 heavy (non-hydrogen) atoms. The summed E-state index contributed by atoms with van der Waals surface area (Å²) < 4.78 is 16.3. The molecule has 2 saturated heterocycles.